The number of hydrogen-bond donors (Lipinski definition) is 0. The molecule has 14 heavy (non-hydrogen) atoms. The van der Waals surface area contributed by atoms with Crippen LogP contribution in [0.4, 0.5) is 0 Å². The Morgan fingerprint density at radius 1 is 1.43 bits per heavy atom. The summed E-state index contributed by atoms with van der Waals surface area (Å²) in [7, 11) is 0. The van der Waals surface area contributed by atoms with E-state index in [1.165, 1.54) is 0 Å². The third-order valence-corrected chi connectivity index (χ3v) is 2.25. The van der Waals surface area contributed by atoms with Crippen LogP contribution >= 0.6 is 0 Å². The summed E-state index contributed by atoms with van der Waals surface area (Å²) in [5, 5.41) is 10.5. The lowest BCUT2D eigenvalue weighted by Crippen LogP contribution is -2.38. The molecule has 0 amide bonds. The van der Waals surface area contributed by atoms with Crippen LogP contribution in [0.3, 0.4) is 0 Å². The molecule has 0 spiro atoms. The van der Waals surface area contributed by atoms with E-state index in [2.05, 4.69) is 0 Å². The van der Waals surface area contributed by atoms with E-state index < -0.39 is 0 Å². The maximum atomic E-state index is 10.5. The standard InChI is InChI=1S/C10H21NO3/c1-6-8(2)14-9(7-11(12)13)10(3,4)5/h8-9H,6-7H2,1-5H3. The van der Waals surface area contributed by atoms with Gasteiger partial charge in [-0.15, -0.1) is 0 Å². The first-order valence-corrected chi connectivity index (χ1v) is 5.04. The molecule has 2 atom stereocenters. The summed E-state index contributed by atoms with van der Waals surface area (Å²) in [6.45, 7) is 9.72. The Bertz CT molecular complexity index is 186. The zero-order valence-corrected chi connectivity index (χ0v) is 9.74. The highest BCUT2D eigenvalue weighted by atomic mass is 16.6. The van der Waals surface area contributed by atoms with Crippen LogP contribution in [0, 0.1) is 15.5 Å². The summed E-state index contributed by atoms with van der Waals surface area (Å²) in [6, 6.07) is 0. The van der Waals surface area contributed by atoms with Crippen molar-refractivity contribution < 1.29 is 9.66 Å². The third kappa shape index (κ3) is 5.17. The lowest BCUT2D eigenvalue weighted by molar-refractivity contribution is -0.496. The van der Waals surface area contributed by atoms with Crippen LogP contribution in [-0.4, -0.2) is 23.7 Å². The molecule has 0 aromatic heterocycles. The molecule has 0 heterocycles. The van der Waals surface area contributed by atoms with Crippen LogP contribution in [0.2, 0.25) is 0 Å². The van der Waals surface area contributed by atoms with Crippen molar-refractivity contribution in [2.45, 2.75) is 53.2 Å². The minimum Gasteiger partial charge on any atom is -0.368 e. The Morgan fingerprint density at radius 3 is 2.21 bits per heavy atom. The molecule has 0 aromatic carbocycles. The molecule has 0 radical (unpaired) electrons. The first-order valence-electron chi connectivity index (χ1n) is 5.04. The molecule has 0 saturated heterocycles. The summed E-state index contributed by atoms with van der Waals surface area (Å²) < 4.78 is 5.63. The molecular weight excluding hydrogens is 182 g/mol. The van der Waals surface area contributed by atoms with Crippen LogP contribution in [0.25, 0.3) is 0 Å². The SMILES string of the molecule is CCC(C)OC(C[N+](=O)[O-])C(C)(C)C. The molecule has 2 unspecified atom stereocenters. The highest BCUT2D eigenvalue weighted by Gasteiger charge is 2.31. The Hall–Kier alpha value is -0.640. The van der Waals surface area contributed by atoms with E-state index in [1.807, 2.05) is 34.6 Å². The predicted octanol–water partition coefficient (Wildman–Crippen LogP) is 2.49. The molecule has 4 nitrogen and oxygen atoms in total. The molecule has 4 heteroatoms. The minimum atomic E-state index is -0.313. The maximum absolute atomic E-state index is 10.5. The second-order valence-electron chi connectivity index (χ2n) is 4.72. The molecule has 0 N–H and O–H groups in total. The van der Waals surface area contributed by atoms with E-state index >= 15 is 0 Å². The molecule has 0 saturated carbocycles. The minimum absolute atomic E-state index is 0.0826. The molecule has 0 rings (SSSR count). The monoisotopic (exact) mass is 203 g/mol. The molecule has 0 aliphatic rings. The first-order chi connectivity index (χ1) is 6.27. The van der Waals surface area contributed by atoms with Gasteiger partial charge < -0.3 is 4.74 Å². The summed E-state index contributed by atoms with van der Waals surface area (Å²) in [5.41, 5.74) is -0.184. The summed E-state index contributed by atoms with van der Waals surface area (Å²) in [5.74, 6) is 0. The summed E-state index contributed by atoms with van der Waals surface area (Å²) >= 11 is 0. The molecule has 0 aromatic rings. The van der Waals surface area contributed by atoms with E-state index in [9.17, 15) is 10.1 Å². The molecule has 0 aliphatic carbocycles. The Labute approximate surface area is 85.8 Å². The Balaban J connectivity index is 4.33. The van der Waals surface area contributed by atoms with E-state index in [-0.39, 0.29) is 29.1 Å². The van der Waals surface area contributed by atoms with Crippen molar-refractivity contribution in [3.05, 3.63) is 10.1 Å². The number of nitrogens with zero attached hydrogens (tertiary/aromatic N) is 1. The Morgan fingerprint density at radius 2 is 1.93 bits per heavy atom. The number of ether oxygens (including phenoxy) is 1. The molecule has 0 fully saturated rings. The van der Waals surface area contributed by atoms with E-state index in [1.54, 1.807) is 0 Å². The highest BCUT2D eigenvalue weighted by Crippen LogP contribution is 2.24. The number of hydrogen-bond acceptors (Lipinski definition) is 3. The maximum Gasteiger partial charge on any atom is 0.230 e. The van der Waals surface area contributed by atoms with Crippen molar-refractivity contribution >= 4 is 0 Å². The van der Waals surface area contributed by atoms with Gasteiger partial charge in [-0.2, -0.15) is 0 Å². The van der Waals surface area contributed by atoms with Crippen molar-refractivity contribution in [2.24, 2.45) is 5.41 Å². The van der Waals surface area contributed by atoms with Gasteiger partial charge in [0.25, 0.3) is 0 Å². The summed E-state index contributed by atoms with van der Waals surface area (Å²) in [4.78, 5) is 10.1. The molecule has 84 valence electrons. The zero-order chi connectivity index (χ0) is 11.4. The average Bonchev–Trinajstić information content (AvgIpc) is 2.00. The number of rotatable bonds is 5. The van der Waals surface area contributed by atoms with Crippen LogP contribution in [-0.2, 0) is 4.74 Å². The average molecular weight is 203 g/mol. The Kier molecular flexibility index (Phi) is 5.05. The fraction of sp³-hybridized carbons (Fsp3) is 1.00. The third-order valence-electron chi connectivity index (χ3n) is 2.25. The summed E-state index contributed by atoms with van der Waals surface area (Å²) in [6.07, 6.45) is 0.649. The van der Waals surface area contributed by atoms with Gasteiger partial charge >= 0.3 is 0 Å². The van der Waals surface area contributed by atoms with Crippen LogP contribution in [0.1, 0.15) is 41.0 Å². The lowest BCUT2D eigenvalue weighted by atomic mass is 9.89. The van der Waals surface area contributed by atoms with Gasteiger partial charge in [0.1, 0.15) is 6.10 Å². The van der Waals surface area contributed by atoms with Gasteiger partial charge in [-0.05, 0) is 18.8 Å². The van der Waals surface area contributed by atoms with Gasteiger partial charge in [-0.25, -0.2) is 0 Å². The van der Waals surface area contributed by atoms with Gasteiger partial charge in [0.05, 0.1) is 6.10 Å². The van der Waals surface area contributed by atoms with Crippen molar-refractivity contribution in [3.63, 3.8) is 0 Å². The predicted molar refractivity (Wildman–Crippen MR) is 55.9 cm³/mol. The van der Waals surface area contributed by atoms with Gasteiger partial charge in [0, 0.05) is 4.92 Å². The lowest BCUT2D eigenvalue weighted by Gasteiger charge is -2.29. The molecular formula is C10H21NO3. The largest absolute Gasteiger partial charge is 0.368 e. The second kappa shape index (κ2) is 5.29. The van der Waals surface area contributed by atoms with E-state index in [0.717, 1.165) is 6.42 Å². The van der Waals surface area contributed by atoms with Gasteiger partial charge in [0.15, 0.2) is 0 Å². The van der Waals surface area contributed by atoms with Gasteiger partial charge in [0.2, 0.25) is 6.54 Å². The van der Waals surface area contributed by atoms with Crippen molar-refractivity contribution in [1.82, 2.24) is 0 Å². The second-order valence-corrected chi connectivity index (χ2v) is 4.72. The van der Waals surface area contributed by atoms with Crippen LogP contribution in [0.5, 0.6) is 0 Å². The molecule has 0 bridgehead atoms. The van der Waals surface area contributed by atoms with Crippen molar-refractivity contribution in [3.8, 4) is 0 Å². The van der Waals surface area contributed by atoms with E-state index in [4.69, 9.17) is 4.74 Å². The van der Waals surface area contributed by atoms with Gasteiger partial charge in [-0.3, -0.25) is 10.1 Å². The smallest absolute Gasteiger partial charge is 0.230 e. The molecule has 0 aliphatic heterocycles. The normalized spacial score (nSPS) is 16.4. The fourth-order valence-electron chi connectivity index (χ4n) is 1.03. The highest BCUT2D eigenvalue weighted by molar-refractivity contribution is 4.74. The van der Waals surface area contributed by atoms with Crippen LogP contribution in [0.15, 0.2) is 0 Å². The van der Waals surface area contributed by atoms with Crippen molar-refractivity contribution in [1.29, 1.82) is 0 Å². The van der Waals surface area contributed by atoms with Crippen LogP contribution < -0.4 is 0 Å². The topological polar surface area (TPSA) is 52.4 Å². The number of nitro groups is 1. The zero-order valence-electron chi connectivity index (χ0n) is 9.74. The van der Waals surface area contributed by atoms with E-state index in [0.29, 0.717) is 0 Å². The quantitative estimate of drug-likeness (QED) is 0.509. The fourth-order valence-corrected chi connectivity index (χ4v) is 1.03. The van der Waals surface area contributed by atoms with Gasteiger partial charge in [-0.1, -0.05) is 27.7 Å². The van der Waals surface area contributed by atoms with Crippen molar-refractivity contribution in [2.75, 3.05) is 6.54 Å². The first kappa shape index (κ1) is 13.4.